The molecule has 0 aromatic heterocycles. The van der Waals surface area contributed by atoms with Crippen LogP contribution in [0.3, 0.4) is 0 Å². The fourth-order valence-electron chi connectivity index (χ4n) is 2.69. The first kappa shape index (κ1) is 21.7. The van der Waals surface area contributed by atoms with Gasteiger partial charge >= 0.3 is 5.97 Å². The molecule has 0 aliphatic rings. The first-order valence-electron chi connectivity index (χ1n) is 9.76. The molecular weight excluding hydrogens is 398 g/mol. The summed E-state index contributed by atoms with van der Waals surface area (Å²) >= 11 is 0. The number of carbonyl (C=O) groups excluding carboxylic acids is 2. The molecule has 3 rings (SSSR count). The number of aromatic hydroxyl groups is 1. The highest BCUT2D eigenvalue weighted by Crippen LogP contribution is 2.25. The number of phenols is 1. The van der Waals surface area contributed by atoms with Gasteiger partial charge in [-0.2, -0.15) is 0 Å². The third-order valence-corrected chi connectivity index (χ3v) is 4.16. The summed E-state index contributed by atoms with van der Waals surface area (Å²) in [5.74, 6) is 1.20. The maximum Gasteiger partial charge on any atom is 0.310 e. The highest BCUT2D eigenvalue weighted by atomic mass is 16.5. The molecule has 0 unspecified atom stereocenters. The van der Waals surface area contributed by atoms with Crippen molar-refractivity contribution in [1.29, 1.82) is 0 Å². The largest absolute Gasteiger partial charge is 0.508 e. The zero-order chi connectivity index (χ0) is 22.1. The van der Waals surface area contributed by atoms with Crippen molar-refractivity contribution in [2.75, 3.05) is 18.5 Å². The van der Waals surface area contributed by atoms with Gasteiger partial charge in [-0.3, -0.25) is 9.59 Å². The molecule has 7 heteroatoms. The Morgan fingerprint density at radius 1 is 0.839 bits per heavy atom. The minimum atomic E-state index is -0.528. The topological polar surface area (TPSA) is 94.1 Å². The fraction of sp³-hybridized carbons (Fsp3) is 0.167. The molecule has 0 saturated carbocycles. The molecule has 0 aliphatic carbocycles. The highest BCUT2D eigenvalue weighted by Gasteiger charge is 2.09. The molecule has 7 nitrogen and oxygen atoms in total. The third kappa shape index (κ3) is 7.08. The average molecular weight is 421 g/mol. The molecule has 2 N–H and O–H groups in total. The Bertz CT molecular complexity index is 998. The van der Waals surface area contributed by atoms with Crippen LogP contribution in [0.2, 0.25) is 0 Å². The van der Waals surface area contributed by atoms with Crippen molar-refractivity contribution in [3.8, 4) is 23.0 Å². The number of esters is 1. The van der Waals surface area contributed by atoms with E-state index in [0.29, 0.717) is 29.4 Å². The minimum Gasteiger partial charge on any atom is -0.508 e. The number of hydrogen-bond donors (Lipinski definition) is 2. The van der Waals surface area contributed by atoms with Gasteiger partial charge in [0, 0.05) is 5.69 Å². The Kier molecular flexibility index (Phi) is 7.48. The molecule has 0 saturated heterocycles. The van der Waals surface area contributed by atoms with Gasteiger partial charge in [0.15, 0.2) is 6.61 Å². The quantitative estimate of drug-likeness (QED) is 0.500. The van der Waals surface area contributed by atoms with Crippen LogP contribution in [0.1, 0.15) is 12.5 Å². The van der Waals surface area contributed by atoms with Gasteiger partial charge in [-0.05, 0) is 73.2 Å². The van der Waals surface area contributed by atoms with Gasteiger partial charge in [0.1, 0.15) is 23.0 Å². The predicted octanol–water partition coefficient (Wildman–Crippen LogP) is 4.31. The molecule has 3 aromatic carbocycles. The molecule has 0 radical (unpaired) electrons. The lowest BCUT2D eigenvalue weighted by molar-refractivity contribution is -0.146. The maximum atomic E-state index is 12.0. The normalized spacial score (nSPS) is 10.2. The summed E-state index contributed by atoms with van der Waals surface area (Å²) in [5.41, 5.74) is 1.24. The van der Waals surface area contributed by atoms with Crippen molar-refractivity contribution in [2.24, 2.45) is 0 Å². The molecule has 0 spiro atoms. The van der Waals surface area contributed by atoms with Crippen molar-refractivity contribution >= 4 is 17.6 Å². The number of hydrogen-bond acceptors (Lipinski definition) is 6. The van der Waals surface area contributed by atoms with Gasteiger partial charge in [0.05, 0.1) is 13.0 Å². The Morgan fingerprint density at radius 2 is 1.42 bits per heavy atom. The third-order valence-electron chi connectivity index (χ3n) is 4.16. The van der Waals surface area contributed by atoms with Gasteiger partial charge < -0.3 is 24.6 Å². The van der Waals surface area contributed by atoms with E-state index in [4.69, 9.17) is 14.2 Å². The molecule has 0 aliphatic heterocycles. The lowest BCUT2D eigenvalue weighted by Crippen LogP contribution is -2.21. The zero-order valence-electron chi connectivity index (χ0n) is 17.0. The Balaban J connectivity index is 1.43. The summed E-state index contributed by atoms with van der Waals surface area (Å²) in [5, 5.41) is 11.9. The zero-order valence-corrected chi connectivity index (χ0v) is 17.0. The molecule has 0 fully saturated rings. The molecular formula is C24H23NO6. The second kappa shape index (κ2) is 10.7. The summed E-state index contributed by atoms with van der Waals surface area (Å²) in [6, 6.07) is 20.3. The van der Waals surface area contributed by atoms with Crippen LogP contribution in [-0.2, 0) is 20.7 Å². The lowest BCUT2D eigenvalue weighted by Gasteiger charge is -2.09. The number of anilines is 1. The van der Waals surface area contributed by atoms with E-state index in [1.165, 1.54) is 12.1 Å². The van der Waals surface area contributed by atoms with Crippen molar-refractivity contribution < 1.29 is 28.9 Å². The van der Waals surface area contributed by atoms with E-state index in [0.717, 1.165) is 5.75 Å². The number of nitrogens with one attached hydrogen (secondary N) is 1. The second-order valence-electron chi connectivity index (χ2n) is 6.58. The Labute approximate surface area is 180 Å². The number of amides is 1. The van der Waals surface area contributed by atoms with Crippen molar-refractivity contribution in [3.05, 3.63) is 78.4 Å². The average Bonchev–Trinajstić information content (AvgIpc) is 2.77. The number of benzene rings is 3. The number of rotatable bonds is 9. The van der Waals surface area contributed by atoms with Crippen molar-refractivity contribution in [3.63, 3.8) is 0 Å². The minimum absolute atomic E-state index is 0.0190. The molecule has 0 heterocycles. The monoisotopic (exact) mass is 421 g/mol. The van der Waals surface area contributed by atoms with Gasteiger partial charge in [-0.15, -0.1) is 0 Å². The number of carbonyl (C=O) groups is 2. The standard InChI is InChI=1S/C24H23NO6/c1-2-29-20-11-13-22(14-12-20)31-21-9-5-18(6-10-21)25-23(27)16-30-24(28)15-17-3-7-19(26)8-4-17/h3-14,26H,2,15-16H2,1H3,(H,25,27). The van der Waals surface area contributed by atoms with Gasteiger partial charge in [0.25, 0.3) is 5.91 Å². The van der Waals surface area contributed by atoms with Gasteiger partial charge in [-0.1, -0.05) is 12.1 Å². The molecule has 0 atom stereocenters. The van der Waals surface area contributed by atoms with E-state index in [9.17, 15) is 14.7 Å². The summed E-state index contributed by atoms with van der Waals surface area (Å²) in [6.07, 6.45) is 0.0190. The molecule has 0 bridgehead atoms. The van der Waals surface area contributed by atoms with E-state index in [2.05, 4.69) is 5.32 Å². The Hall–Kier alpha value is -4.00. The SMILES string of the molecule is CCOc1ccc(Oc2ccc(NC(=O)COC(=O)Cc3ccc(O)cc3)cc2)cc1. The fourth-order valence-corrected chi connectivity index (χ4v) is 2.69. The van der Waals surface area contributed by atoms with Crippen LogP contribution >= 0.6 is 0 Å². The first-order valence-corrected chi connectivity index (χ1v) is 9.76. The van der Waals surface area contributed by atoms with E-state index in [1.807, 2.05) is 31.2 Å². The molecule has 3 aromatic rings. The van der Waals surface area contributed by atoms with Gasteiger partial charge in [-0.25, -0.2) is 0 Å². The summed E-state index contributed by atoms with van der Waals surface area (Å²) in [4.78, 5) is 23.9. The molecule has 1 amide bonds. The van der Waals surface area contributed by atoms with E-state index in [1.54, 1.807) is 36.4 Å². The number of phenolic OH excluding ortho intramolecular Hbond substituents is 1. The van der Waals surface area contributed by atoms with Crippen molar-refractivity contribution in [2.45, 2.75) is 13.3 Å². The van der Waals surface area contributed by atoms with Crippen LogP contribution in [-0.4, -0.2) is 30.2 Å². The lowest BCUT2D eigenvalue weighted by atomic mass is 10.1. The van der Waals surface area contributed by atoms with Crippen LogP contribution in [0.25, 0.3) is 0 Å². The van der Waals surface area contributed by atoms with Crippen molar-refractivity contribution in [1.82, 2.24) is 0 Å². The maximum absolute atomic E-state index is 12.0. The number of ether oxygens (including phenoxy) is 3. The predicted molar refractivity (Wildman–Crippen MR) is 116 cm³/mol. The Morgan fingerprint density at radius 3 is 2.03 bits per heavy atom. The van der Waals surface area contributed by atoms with Crippen LogP contribution in [0, 0.1) is 0 Å². The van der Waals surface area contributed by atoms with Gasteiger partial charge in [0.2, 0.25) is 0 Å². The second-order valence-corrected chi connectivity index (χ2v) is 6.58. The molecule has 160 valence electrons. The van der Waals surface area contributed by atoms with Crippen LogP contribution < -0.4 is 14.8 Å². The van der Waals surface area contributed by atoms with E-state index >= 15 is 0 Å². The summed E-state index contributed by atoms with van der Waals surface area (Å²) < 4.78 is 16.1. The highest BCUT2D eigenvalue weighted by molar-refractivity contribution is 5.92. The van der Waals surface area contributed by atoms with E-state index in [-0.39, 0.29) is 18.8 Å². The first-order chi connectivity index (χ1) is 15.0. The van der Waals surface area contributed by atoms with Crippen LogP contribution in [0.5, 0.6) is 23.0 Å². The van der Waals surface area contributed by atoms with E-state index < -0.39 is 11.9 Å². The smallest absolute Gasteiger partial charge is 0.310 e. The van der Waals surface area contributed by atoms with Crippen LogP contribution in [0.15, 0.2) is 72.8 Å². The van der Waals surface area contributed by atoms with Crippen LogP contribution in [0.4, 0.5) is 5.69 Å². The summed E-state index contributed by atoms with van der Waals surface area (Å²) in [7, 11) is 0. The molecule has 31 heavy (non-hydrogen) atoms. The summed E-state index contributed by atoms with van der Waals surface area (Å²) in [6.45, 7) is 2.14.